The molecule has 0 saturated heterocycles. The molecule has 1 N–H and O–H groups in total. The maximum Gasteiger partial charge on any atom is 0.356 e. The second-order valence-electron chi connectivity index (χ2n) is 6.18. The Labute approximate surface area is 142 Å². The number of aromatic nitrogens is 2. The average Bonchev–Trinajstić information content (AvgIpc) is 2.54. The Morgan fingerprint density at radius 2 is 1.96 bits per heavy atom. The molecule has 0 aliphatic heterocycles. The highest BCUT2D eigenvalue weighted by atomic mass is 16.5. The number of hydrogen-bond donors (Lipinski definition) is 1. The van der Waals surface area contributed by atoms with Gasteiger partial charge in [0.15, 0.2) is 5.69 Å². The van der Waals surface area contributed by atoms with Gasteiger partial charge in [-0.25, -0.2) is 9.78 Å². The topological polar surface area (TPSA) is 75.5 Å². The molecule has 2 aromatic rings. The highest BCUT2D eigenvalue weighted by molar-refractivity contribution is 5.84. The van der Waals surface area contributed by atoms with Gasteiger partial charge in [-0.1, -0.05) is 32.0 Å². The van der Waals surface area contributed by atoms with Crippen LogP contribution in [0.15, 0.2) is 36.7 Å². The molecule has 0 fully saturated rings. The van der Waals surface area contributed by atoms with Gasteiger partial charge < -0.3 is 9.84 Å². The summed E-state index contributed by atoms with van der Waals surface area (Å²) in [5, 5.41) is 8.85. The molecular formula is C18H23N3O3. The summed E-state index contributed by atoms with van der Waals surface area (Å²) in [6.07, 6.45) is 2.78. The zero-order chi connectivity index (χ0) is 17.5. The number of rotatable bonds is 8. The highest BCUT2D eigenvalue weighted by Crippen LogP contribution is 2.20. The fraction of sp³-hybridized carbons (Fsp3) is 0.389. The van der Waals surface area contributed by atoms with Gasteiger partial charge in [0.05, 0.1) is 24.7 Å². The Balaban J connectivity index is 1.99. The Morgan fingerprint density at radius 1 is 1.21 bits per heavy atom. The number of hydrogen-bond acceptors (Lipinski definition) is 5. The van der Waals surface area contributed by atoms with Crippen LogP contribution in [0, 0.1) is 5.92 Å². The van der Waals surface area contributed by atoms with E-state index in [1.807, 2.05) is 31.3 Å². The summed E-state index contributed by atoms with van der Waals surface area (Å²) in [7, 11) is 1.98. The highest BCUT2D eigenvalue weighted by Gasteiger charge is 2.10. The van der Waals surface area contributed by atoms with Crippen LogP contribution in [0.2, 0.25) is 0 Å². The summed E-state index contributed by atoms with van der Waals surface area (Å²) >= 11 is 0. The number of carbonyl (C=O) groups is 1. The van der Waals surface area contributed by atoms with Crippen LogP contribution in [0.4, 0.5) is 0 Å². The number of benzene rings is 1. The lowest BCUT2D eigenvalue weighted by atomic mass is 10.2. The van der Waals surface area contributed by atoms with Crippen molar-refractivity contribution in [1.29, 1.82) is 0 Å². The SMILES string of the molecule is CC(C)COc1ccccc1CN(C)Cc1cnc(C(=O)O)cn1. The molecule has 1 aromatic heterocycles. The third kappa shape index (κ3) is 5.31. The van der Waals surface area contributed by atoms with Gasteiger partial charge in [-0.3, -0.25) is 9.88 Å². The number of carboxylic acids is 1. The summed E-state index contributed by atoms with van der Waals surface area (Å²) in [5.41, 5.74) is 1.78. The molecular weight excluding hydrogens is 306 g/mol. The number of para-hydroxylation sites is 1. The van der Waals surface area contributed by atoms with Gasteiger partial charge in [0.2, 0.25) is 0 Å². The fourth-order valence-corrected chi connectivity index (χ4v) is 2.20. The first-order valence-electron chi connectivity index (χ1n) is 7.89. The zero-order valence-electron chi connectivity index (χ0n) is 14.3. The van der Waals surface area contributed by atoms with E-state index in [1.165, 1.54) is 12.4 Å². The maximum absolute atomic E-state index is 10.8. The Hall–Kier alpha value is -2.47. The van der Waals surface area contributed by atoms with Gasteiger partial charge in [0.1, 0.15) is 5.75 Å². The van der Waals surface area contributed by atoms with E-state index in [0.29, 0.717) is 25.6 Å². The van der Waals surface area contributed by atoms with Crippen LogP contribution in [0.3, 0.4) is 0 Å². The van der Waals surface area contributed by atoms with Crippen LogP contribution in [0.5, 0.6) is 5.75 Å². The molecule has 0 saturated carbocycles. The third-order valence-corrected chi connectivity index (χ3v) is 3.34. The van der Waals surface area contributed by atoms with Crippen LogP contribution < -0.4 is 4.74 Å². The predicted octanol–water partition coefficient (Wildman–Crippen LogP) is 2.84. The second-order valence-corrected chi connectivity index (χ2v) is 6.18. The van der Waals surface area contributed by atoms with Crippen molar-refractivity contribution in [3.8, 4) is 5.75 Å². The first-order valence-corrected chi connectivity index (χ1v) is 7.89. The Kier molecular flexibility index (Phi) is 6.26. The second kappa shape index (κ2) is 8.40. The number of ether oxygens (including phenoxy) is 1. The van der Waals surface area contributed by atoms with E-state index in [-0.39, 0.29) is 5.69 Å². The lowest BCUT2D eigenvalue weighted by Crippen LogP contribution is -2.19. The molecule has 6 heteroatoms. The van der Waals surface area contributed by atoms with Crippen molar-refractivity contribution in [2.75, 3.05) is 13.7 Å². The van der Waals surface area contributed by atoms with Gasteiger partial charge >= 0.3 is 5.97 Å². The molecule has 0 bridgehead atoms. The van der Waals surface area contributed by atoms with Crippen LogP contribution in [-0.4, -0.2) is 39.6 Å². The third-order valence-electron chi connectivity index (χ3n) is 3.34. The Morgan fingerprint density at radius 3 is 2.58 bits per heavy atom. The van der Waals surface area contributed by atoms with Crippen molar-refractivity contribution in [3.63, 3.8) is 0 Å². The first-order chi connectivity index (χ1) is 11.5. The van der Waals surface area contributed by atoms with Crippen molar-refractivity contribution in [2.45, 2.75) is 26.9 Å². The van der Waals surface area contributed by atoms with Crippen LogP contribution in [-0.2, 0) is 13.1 Å². The largest absolute Gasteiger partial charge is 0.493 e. The smallest absolute Gasteiger partial charge is 0.356 e. The molecule has 6 nitrogen and oxygen atoms in total. The van der Waals surface area contributed by atoms with E-state index in [0.717, 1.165) is 17.0 Å². The molecule has 2 rings (SSSR count). The van der Waals surface area contributed by atoms with E-state index in [2.05, 4.69) is 28.7 Å². The van der Waals surface area contributed by atoms with Crippen molar-refractivity contribution >= 4 is 5.97 Å². The van der Waals surface area contributed by atoms with Crippen molar-refractivity contribution < 1.29 is 14.6 Å². The van der Waals surface area contributed by atoms with E-state index in [4.69, 9.17) is 9.84 Å². The molecule has 0 spiro atoms. The number of carboxylic acid groups (broad SMARTS) is 1. The molecule has 0 aliphatic rings. The standard InChI is InChI=1S/C18H23N3O3/c1-13(2)12-24-17-7-5-4-6-14(17)10-21(3)11-15-8-20-16(9-19-15)18(22)23/h4-9,13H,10-12H2,1-3H3,(H,22,23). The maximum atomic E-state index is 10.8. The minimum absolute atomic E-state index is 0.0474. The molecule has 0 amide bonds. The normalized spacial score (nSPS) is 11.0. The molecule has 1 heterocycles. The summed E-state index contributed by atoms with van der Waals surface area (Å²) in [6.45, 7) is 6.20. The molecule has 24 heavy (non-hydrogen) atoms. The molecule has 1 aromatic carbocycles. The summed E-state index contributed by atoms with van der Waals surface area (Å²) in [6, 6.07) is 7.99. The summed E-state index contributed by atoms with van der Waals surface area (Å²) < 4.78 is 5.87. The molecule has 0 radical (unpaired) electrons. The van der Waals surface area contributed by atoms with E-state index in [9.17, 15) is 4.79 Å². The lowest BCUT2D eigenvalue weighted by Gasteiger charge is -2.19. The van der Waals surface area contributed by atoms with Gasteiger partial charge in [-0.2, -0.15) is 0 Å². The van der Waals surface area contributed by atoms with Crippen molar-refractivity contribution in [2.24, 2.45) is 5.92 Å². The van der Waals surface area contributed by atoms with E-state index < -0.39 is 5.97 Å². The minimum atomic E-state index is -1.07. The monoisotopic (exact) mass is 329 g/mol. The van der Waals surface area contributed by atoms with Gasteiger partial charge in [0.25, 0.3) is 0 Å². The molecule has 0 atom stereocenters. The summed E-state index contributed by atoms with van der Waals surface area (Å²) in [4.78, 5) is 20.9. The Bertz CT molecular complexity index is 671. The van der Waals surface area contributed by atoms with Gasteiger partial charge in [0, 0.05) is 18.7 Å². The zero-order valence-corrected chi connectivity index (χ0v) is 14.3. The van der Waals surface area contributed by atoms with E-state index in [1.54, 1.807) is 0 Å². The number of aromatic carboxylic acids is 1. The molecule has 0 unspecified atom stereocenters. The number of nitrogens with zero attached hydrogens (tertiary/aromatic N) is 3. The predicted molar refractivity (Wildman–Crippen MR) is 90.9 cm³/mol. The molecule has 128 valence electrons. The van der Waals surface area contributed by atoms with Crippen LogP contribution in [0.1, 0.15) is 35.6 Å². The lowest BCUT2D eigenvalue weighted by molar-refractivity contribution is 0.0690. The molecule has 0 aliphatic carbocycles. The van der Waals surface area contributed by atoms with Gasteiger partial charge in [-0.15, -0.1) is 0 Å². The van der Waals surface area contributed by atoms with Gasteiger partial charge in [-0.05, 0) is 19.0 Å². The van der Waals surface area contributed by atoms with Crippen molar-refractivity contribution in [1.82, 2.24) is 14.9 Å². The van der Waals surface area contributed by atoms with Crippen LogP contribution >= 0.6 is 0 Å². The van der Waals surface area contributed by atoms with Crippen LogP contribution in [0.25, 0.3) is 0 Å². The van der Waals surface area contributed by atoms with E-state index >= 15 is 0 Å². The average molecular weight is 329 g/mol. The summed E-state index contributed by atoms with van der Waals surface area (Å²) in [5.74, 6) is 0.294. The quantitative estimate of drug-likeness (QED) is 0.802. The fourth-order valence-electron chi connectivity index (χ4n) is 2.20. The minimum Gasteiger partial charge on any atom is -0.493 e. The first kappa shape index (κ1) is 17.9. The van der Waals surface area contributed by atoms with Crippen molar-refractivity contribution in [3.05, 3.63) is 53.6 Å².